The van der Waals surface area contributed by atoms with Crippen molar-refractivity contribution >= 4 is 53.5 Å². The minimum atomic E-state index is -5.91. The number of amides is 1. The Hall–Kier alpha value is 1.22. The zero-order valence-corrected chi connectivity index (χ0v) is 37.5. The number of fused-ring (bicyclic) bond motifs is 1. The normalized spacial score (nSPS) is 14.2. The first-order valence-electron chi connectivity index (χ1n) is 9.94. The van der Waals surface area contributed by atoms with E-state index in [0.29, 0.717) is 4.90 Å². The smallest absolute Gasteiger partial charge is 0.716 e. The first-order chi connectivity index (χ1) is 18.5. The second kappa shape index (κ2) is 19.7. The maximum Gasteiger partial charge on any atom is 1.00 e. The molecule has 46 heavy (non-hydrogen) atoms. The Labute approximate surface area is 372 Å². The van der Waals surface area contributed by atoms with Crippen LogP contribution in [0.3, 0.4) is 0 Å². The van der Waals surface area contributed by atoms with E-state index in [-0.39, 0.29) is 171 Å². The second-order valence-electron chi connectivity index (χ2n) is 7.67. The van der Waals surface area contributed by atoms with Crippen molar-refractivity contribution in [1.82, 2.24) is 4.90 Å². The van der Waals surface area contributed by atoms with Gasteiger partial charge in [0, 0.05) is 12.1 Å². The van der Waals surface area contributed by atoms with Gasteiger partial charge < -0.3 is 49.7 Å². The van der Waals surface area contributed by atoms with Crippen molar-refractivity contribution in [2.75, 3.05) is 0 Å². The molecule has 1 heterocycles. The van der Waals surface area contributed by atoms with Gasteiger partial charge in [-0.25, -0.2) is 33.7 Å². The zero-order chi connectivity index (χ0) is 31.1. The maximum absolute atomic E-state index is 13.3. The Morgan fingerprint density at radius 1 is 0.652 bits per heavy atom. The fraction of sp³-hybridized carbons (Fsp3) is 0.176. The molecule has 0 fully saturated rings. The van der Waals surface area contributed by atoms with Crippen LogP contribution >= 0.6 is 0 Å². The maximum atomic E-state index is 13.3. The van der Waals surface area contributed by atoms with Crippen molar-refractivity contribution in [2.45, 2.75) is 19.0 Å². The van der Waals surface area contributed by atoms with Gasteiger partial charge >= 0.3 is 148 Å². The van der Waals surface area contributed by atoms with Gasteiger partial charge in [0.25, 0.3) is 47.5 Å². The summed E-state index contributed by atoms with van der Waals surface area (Å²) in [7, 11) is -22.9. The molecule has 1 aliphatic heterocycles. The number of benzene rings is 2. The molecule has 1 aliphatic rings. The molecule has 226 valence electrons. The molecule has 2 aromatic carbocycles. The molecule has 0 aromatic heterocycles. The number of hydrogen-bond acceptors (Lipinski definition) is 19. The molecule has 0 saturated heterocycles. The number of carboxylic acids is 1. The minimum Gasteiger partial charge on any atom is -0.716 e. The van der Waals surface area contributed by atoms with E-state index >= 15 is 0 Å². The standard InChI is InChI=1S/C17H15NO19S4.5Na/c19-16(18-7-8-1-2-11(34-38(22,23)24)3-9(8)4-12(18)17(20)21)10-5-13(35-39(25,26)27)15(37-41(31,32)33)14(6-10)36-40(28,29)30;;;;;/h1-3,5-6,12H,4,7H2,(H,20,21)(H,22,23,24)(H,25,26,27)(H,28,29,30)(H,31,32,33);;;;;/q;5*+1/p-5. The number of hydrogen-bond donors (Lipinski definition) is 0. The minimum absolute atomic E-state index is 0. The van der Waals surface area contributed by atoms with E-state index in [1.54, 1.807) is 0 Å². The van der Waals surface area contributed by atoms with Crippen LogP contribution in [0, 0.1) is 0 Å². The van der Waals surface area contributed by atoms with Gasteiger partial charge in [0.1, 0.15) is 5.75 Å². The predicted molar refractivity (Wildman–Crippen MR) is 117 cm³/mol. The summed E-state index contributed by atoms with van der Waals surface area (Å²) in [5, 5.41) is 11.8. The van der Waals surface area contributed by atoms with Crippen LogP contribution in [0.25, 0.3) is 0 Å². The van der Waals surface area contributed by atoms with Crippen LogP contribution in [0.5, 0.6) is 23.0 Å². The van der Waals surface area contributed by atoms with Crippen molar-refractivity contribution in [3.05, 3.63) is 47.0 Å². The van der Waals surface area contributed by atoms with Crippen LogP contribution in [-0.4, -0.2) is 74.7 Å². The quantitative estimate of drug-likeness (QED) is 0.123. The van der Waals surface area contributed by atoms with Crippen LogP contribution in [-0.2, 0) is 59.4 Å². The van der Waals surface area contributed by atoms with Gasteiger partial charge in [0.15, 0.2) is 11.5 Å². The third kappa shape index (κ3) is 16.1. The monoisotopic (exact) mass is 775 g/mol. The van der Waals surface area contributed by atoms with Gasteiger partial charge in [0.05, 0.1) is 12.0 Å². The fourth-order valence-electron chi connectivity index (χ4n) is 3.55. The van der Waals surface area contributed by atoms with Crippen LogP contribution < -0.4 is 170 Å². The molecular weight excluding hydrogens is 765 g/mol. The molecular formula is C17H10NNa5O19S4. The first-order valence-corrected chi connectivity index (χ1v) is 15.3. The number of carboxylic acid groups (broad SMARTS) is 1. The molecule has 3 rings (SSSR count). The third-order valence-electron chi connectivity index (χ3n) is 4.88. The summed E-state index contributed by atoms with van der Waals surface area (Å²) in [4.78, 5) is 25.7. The average molecular weight is 775 g/mol. The molecule has 0 bridgehead atoms. The third-order valence-corrected chi connectivity index (χ3v) is 6.41. The number of carbonyl (C=O) groups is 2. The van der Waals surface area contributed by atoms with E-state index in [9.17, 15) is 66.6 Å². The predicted octanol–water partition coefficient (Wildman–Crippen LogP) is -18.6. The molecule has 1 amide bonds. The molecule has 29 heteroatoms. The molecule has 1 atom stereocenters. The molecule has 0 spiro atoms. The summed E-state index contributed by atoms with van der Waals surface area (Å²) >= 11 is 0. The number of carbonyl (C=O) groups excluding carboxylic acids is 2. The Morgan fingerprint density at radius 3 is 1.48 bits per heavy atom. The SMILES string of the molecule is O=C([O-])C1Cc2cc(OS(=O)(=O)[O-])ccc2CN1C(=O)c1cc(OS(=O)(=O)[O-])c(OS(=O)(=O)[O-])c(OS(=O)(=O)[O-])c1.[Na+].[Na+].[Na+].[Na+].[Na+]. The van der Waals surface area contributed by atoms with Crippen LogP contribution in [0.1, 0.15) is 21.5 Å². The molecule has 0 N–H and O–H groups in total. The summed E-state index contributed by atoms with van der Waals surface area (Å²) in [6.07, 6.45) is -0.605. The van der Waals surface area contributed by atoms with Gasteiger partial charge in [-0.05, 0) is 41.8 Å². The summed E-state index contributed by atoms with van der Waals surface area (Å²) in [5.74, 6) is -8.87. The number of aliphatic carboxylic acids is 1. The Balaban J connectivity index is -0.00000370. The summed E-state index contributed by atoms with van der Waals surface area (Å²) in [5.41, 5.74) is -0.789. The van der Waals surface area contributed by atoms with E-state index < -0.39 is 101 Å². The largest absolute Gasteiger partial charge is 1.00 e. The summed E-state index contributed by atoms with van der Waals surface area (Å²) in [6, 6.07) is 1.64. The van der Waals surface area contributed by atoms with Gasteiger partial charge in [-0.3, -0.25) is 4.79 Å². The van der Waals surface area contributed by atoms with Crippen molar-refractivity contribution in [3.8, 4) is 23.0 Å². The van der Waals surface area contributed by atoms with E-state index in [4.69, 9.17) is 0 Å². The number of rotatable bonds is 10. The summed E-state index contributed by atoms with van der Waals surface area (Å²) in [6.45, 7) is -0.628. The molecule has 0 saturated carbocycles. The van der Waals surface area contributed by atoms with E-state index in [2.05, 4.69) is 16.7 Å². The van der Waals surface area contributed by atoms with Crippen LogP contribution in [0.4, 0.5) is 0 Å². The van der Waals surface area contributed by atoms with Crippen LogP contribution in [0.2, 0.25) is 0 Å². The zero-order valence-electron chi connectivity index (χ0n) is 24.2. The van der Waals surface area contributed by atoms with E-state index in [1.807, 2.05) is 0 Å². The van der Waals surface area contributed by atoms with Gasteiger partial charge in [-0.2, -0.15) is 0 Å². The number of nitrogens with zero attached hydrogens (tertiary/aromatic N) is 1. The molecule has 0 aliphatic carbocycles. The van der Waals surface area contributed by atoms with Crippen molar-refractivity contribution < 1.29 is 231 Å². The second-order valence-corrected chi connectivity index (χ2v) is 11.6. The Morgan fingerprint density at radius 2 is 1.09 bits per heavy atom. The fourth-order valence-corrected chi connectivity index (χ4v) is 4.94. The molecule has 2 aromatic rings. The van der Waals surface area contributed by atoms with Gasteiger partial charge in [0.2, 0.25) is 5.75 Å². The Kier molecular flexibility index (Phi) is 22.1. The van der Waals surface area contributed by atoms with Gasteiger partial charge in [-0.15, -0.1) is 0 Å². The molecule has 1 unspecified atom stereocenters. The first kappa shape index (κ1) is 51.6. The van der Waals surface area contributed by atoms with Crippen LogP contribution in [0.15, 0.2) is 30.3 Å². The van der Waals surface area contributed by atoms with E-state index in [1.165, 1.54) is 0 Å². The van der Waals surface area contributed by atoms with Crippen molar-refractivity contribution in [1.29, 1.82) is 0 Å². The average Bonchev–Trinajstić information content (AvgIpc) is 2.75. The van der Waals surface area contributed by atoms with E-state index in [0.717, 1.165) is 18.2 Å². The van der Waals surface area contributed by atoms with Crippen molar-refractivity contribution in [2.24, 2.45) is 0 Å². The molecule has 20 nitrogen and oxygen atoms in total. The molecule has 0 radical (unpaired) electrons. The summed E-state index contributed by atoms with van der Waals surface area (Å²) < 4.78 is 149. The van der Waals surface area contributed by atoms with Gasteiger partial charge in [-0.1, -0.05) is 6.07 Å². The van der Waals surface area contributed by atoms with Crippen molar-refractivity contribution in [3.63, 3.8) is 0 Å². The topological polar surface area (TPSA) is 326 Å². The Bertz CT molecular complexity index is 1820.